The molecule has 0 saturated carbocycles. The van der Waals surface area contributed by atoms with Crippen LogP contribution in [0.5, 0.6) is 5.75 Å². The van der Waals surface area contributed by atoms with Crippen molar-refractivity contribution < 1.29 is 9.13 Å². The molecule has 0 amide bonds. The van der Waals surface area contributed by atoms with Gasteiger partial charge in [0.25, 0.3) is 0 Å². The van der Waals surface area contributed by atoms with Gasteiger partial charge in [-0.3, -0.25) is 0 Å². The zero-order valence-corrected chi connectivity index (χ0v) is 11.5. The van der Waals surface area contributed by atoms with Crippen LogP contribution in [0.1, 0.15) is 4.88 Å². The van der Waals surface area contributed by atoms with E-state index < -0.39 is 0 Å². The zero-order valence-electron chi connectivity index (χ0n) is 9.90. The second kappa shape index (κ2) is 5.19. The van der Waals surface area contributed by atoms with Crippen molar-refractivity contribution in [3.63, 3.8) is 0 Å². The number of halogens is 2. The molecule has 3 aromatic rings. The lowest BCUT2D eigenvalue weighted by Crippen LogP contribution is -1.92. The van der Waals surface area contributed by atoms with Crippen molar-refractivity contribution in [3.8, 4) is 5.75 Å². The first kappa shape index (κ1) is 12.5. The molecule has 3 rings (SSSR count). The number of hydrogen-bond acceptors (Lipinski definition) is 2. The molecule has 0 saturated heterocycles. The highest BCUT2D eigenvalue weighted by Gasteiger charge is 2.04. The molecule has 2 aromatic carbocycles. The Morgan fingerprint density at radius 1 is 1.11 bits per heavy atom. The SMILES string of the molecule is Fc1ccc2sc(COc3cccc(Cl)c3)cc2c1. The summed E-state index contributed by atoms with van der Waals surface area (Å²) < 4.78 is 19.8. The molecular weight excluding hydrogens is 283 g/mol. The number of hydrogen-bond donors (Lipinski definition) is 0. The minimum Gasteiger partial charge on any atom is -0.488 e. The highest BCUT2D eigenvalue weighted by atomic mass is 35.5. The fourth-order valence-corrected chi connectivity index (χ4v) is 2.99. The molecule has 1 aromatic heterocycles. The van der Waals surface area contributed by atoms with Crippen LogP contribution >= 0.6 is 22.9 Å². The van der Waals surface area contributed by atoms with Crippen LogP contribution in [0.25, 0.3) is 10.1 Å². The molecular formula is C15H10ClFOS. The van der Waals surface area contributed by atoms with Crippen LogP contribution < -0.4 is 4.74 Å². The van der Waals surface area contributed by atoms with Crippen LogP contribution in [0.3, 0.4) is 0 Å². The highest BCUT2D eigenvalue weighted by molar-refractivity contribution is 7.19. The van der Waals surface area contributed by atoms with E-state index in [1.165, 1.54) is 12.1 Å². The molecule has 96 valence electrons. The van der Waals surface area contributed by atoms with Crippen LogP contribution in [0.2, 0.25) is 5.02 Å². The lowest BCUT2D eigenvalue weighted by atomic mass is 10.2. The molecule has 0 aliphatic heterocycles. The summed E-state index contributed by atoms with van der Waals surface area (Å²) in [4.78, 5) is 1.06. The first-order chi connectivity index (χ1) is 9.20. The average Bonchev–Trinajstić information content (AvgIpc) is 2.78. The molecule has 0 radical (unpaired) electrons. The molecule has 0 spiro atoms. The smallest absolute Gasteiger partial charge is 0.123 e. The summed E-state index contributed by atoms with van der Waals surface area (Å²) in [5.74, 6) is 0.517. The van der Waals surface area contributed by atoms with Crippen LogP contribution in [0.4, 0.5) is 4.39 Å². The highest BCUT2D eigenvalue weighted by Crippen LogP contribution is 2.27. The van der Waals surface area contributed by atoms with Crippen molar-refractivity contribution in [2.24, 2.45) is 0 Å². The van der Waals surface area contributed by atoms with E-state index in [4.69, 9.17) is 16.3 Å². The van der Waals surface area contributed by atoms with E-state index in [1.807, 2.05) is 18.2 Å². The lowest BCUT2D eigenvalue weighted by Gasteiger charge is -2.04. The Bertz CT molecular complexity index is 723. The van der Waals surface area contributed by atoms with E-state index in [1.54, 1.807) is 29.5 Å². The second-order valence-corrected chi connectivity index (χ2v) is 5.75. The van der Waals surface area contributed by atoms with Crippen LogP contribution in [0.15, 0.2) is 48.5 Å². The topological polar surface area (TPSA) is 9.23 Å². The van der Waals surface area contributed by atoms with Gasteiger partial charge < -0.3 is 4.74 Å². The summed E-state index contributed by atoms with van der Waals surface area (Å²) in [6, 6.07) is 14.0. The van der Waals surface area contributed by atoms with Gasteiger partial charge in [-0.1, -0.05) is 17.7 Å². The van der Waals surface area contributed by atoms with E-state index in [-0.39, 0.29) is 5.82 Å². The van der Waals surface area contributed by atoms with Gasteiger partial charge in [-0.05, 0) is 47.9 Å². The van der Waals surface area contributed by atoms with Gasteiger partial charge >= 0.3 is 0 Å². The Morgan fingerprint density at radius 3 is 2.84 bits per heavy atom. The molecule has 0 atom stereocenters. The number of ether oxygens (including phenoxy) is 1. The Labute approximate surface area is 119 Å². The minimum absolute atomic E-state index is 0.215. The van der Waals surface area contributed by atoms with Crippen molar-refractivity contribution in [1.29, 1.82) is 0 Å². The van der Waals surface area contributed by atoms with Crippen molar-refractivity contribution in [2.75, 3.05) is 0 Å². The molecule has 0 aliphatic rings. The average molecular weight is 293 g/mol. The Morgan fingerprint density at radius 2 is 2.00 bits per heavy atom. The van der Waals surface area contributed by atoms with Gasteiger partial charge in [0.1, 0.15) is 18.2 Å². The number of benzene rings is 2. The number of thiophene rings is 1. The largest absolute Gasteiger partial charge is 0.488 e. The normalized spacial score (nSPS) is 10.8. The van der Waals surface area contributed by atoms with Crippen LogP contribution in [0, 0.1) is 5.82 Å². The predicted molar refractivity (Wildman–Crippen MR) is 77.6 cm³/mol. The monoisotopic (exact) mass is 292 g/mol. The maximum Gasteiger partial charge on any atom is 0.123 e. The van der Waals surface area contributed by atoms with E-state index in [0.717, 1.165) is 20.7 Å². The van der Waals surface area contributed by atoms with Crippen molar-refractivity contribution in [3.05, 3.63) is 64.2 Å². The third-order valence-corrected chi connectivity index (χ3v) is 4.03. The third kappa shape index (κ3) is 2.88. The number of rotatable bonds is 3. The van der Waals surface area contributed by atoms with E-state index in [2.05, 4.69) is 0 Å². The van der Waals surface area contributed by atoms with Gasteiger partial charge in [-0.2, -0.15) is 0 Å². The summed E-state index contributed by atoms with van der Waals surface area (Å²) >= 11 is 7.49. The van der Waals surface area contributed by atoms with Gasteiger partial charge in [-0.25, -0.2) is 4.39 Å². The molecule has 0 N–H and O–H groups in total. The molecule has 0 unspecified atom stereocenters. The Kier molecular flexibility index (Phi) is 3.40. The minimum atomic E-state index is -0.215. The summed E-state index contributed by atoms with van der Waals surface area (Å²) in [5, 5.41) is 1.56. The van der Waals surface area contributed by atoms with E-state index in [9.17, 15) is 4.39 Å². The fraction of sp³-hybridized carbons (Fsp3) is 0.0667. The summed E-state index contributed by atoms with van der Waals surface area (Å²) in [6.45, 7) is 0.460. The van der Waals surface area contributed by atoms with Gasteiger partial charge in [0.05, 0.1) is 0 Å². The van der Waals surface area contributed by atoms with Gasteiger partial charge in [0.2, 0.25) is 0 Å². The second-order valence-electron chi connectivity index (χ2n) is 4.14. The van der Waals surface area contributed by atoms with Crippen molar-refractivity contribution in [1.82, 2.24) is 0 Å². The van der Waals surface area contributed by atoms with Crippen LogP contribution in [-0.4, -0.2) is 0 Å². The molecule has 0 bridgehead atoms. The maximum atomic E-state index is 13.1. The summed E-state index contributed by atoms with van der Waals surface area (Å²) in [5.41, 5.74) is 0. The standard InChI is InChI=1S/C15H10ClFOS/c16-11-2-1-3-13(8-11)18-9-14-7-10-6-12(17)4-5-15(10)19-14/h1-8H,9H2. The lowest BCUT2D eigenvalue weighted by molar-refractivity contribution is 0.310. The Balaban J connectivity index is 1.78. The first-order valence-electron chi connectivity index (χ1n) is 5.77. The first-order valence-corrected chi connectivity index (χ1v) is 6.96. The predicted octanol–water partition coefficient (Wildman–Crippen LogP) is 5.27. The molecule has 19 heavy (non-hydrogen) atoms. The number of fused-ring (bicyclic) bond motifs is 1. The van der Waals surface area contributed by atoms with Gasteiger partial charge in [0, 0.05) is 14.6 Å². The molecule has 4 heteroatoms. The molecule has 0 fully saturated rings. The quantitative estimate of drug-likeness (QED) is 0.639. The maximum absolute atomic E-state index is 13.1. The molecule has 1 heterocycles. The Hall–Kier alpha value is -1.58. The molecule has 0 aliphatic carbocycles. The van der Waals surface area contributed by atoms with E-state index >= 15 is 0 Å². The van der Waals surface area contributed by atoms with Crippen molar-refractivity contribution >= 4 is 33.0 Å². The molecule has 1 nitrogen and oxygen atoms in total. The summed E-state index contributed by atoms with van der Waals surface area (Å²) in [7, 11) is 0. The fourth-order valence-electron chi connectivity index (χ4n) is 1.85. The van der Waals surface area contributed by atoms with Gasteiger partial charge in [-0.15, -0.1) is 11.3 Å². The zero-order chi connectivity index (χ0) is 13.2. The van der Waals surface area contributed by atoms with E-state index in [0.29, 0.717) is 11.6 Å². The third-order valence-electron chi connectivity index (χ3n) is 2.71. The summed E-state index contributed by atoms with van der Waals surface area (Å²) in [6.07, 6.45) is 0. The van der Waals surface area contributed by atoms with Crippen molar-refractivity contribution in [2.45, 2.75) is 6.61 Å². The van der Waals surface area contributed by atoms with Gasteiger partial charge in [0.15, 0.2) is 0 Å². The van der Waals surface area contributed by atoms with Crippen LogP contribution in [-0.2, 0) is 6.61 Å².